The van der Waals surface area contributed by atoms with Crippen molar-refractivity contribution in [3.63, 3.8) is 0 Å². The molecule has 1 aliphatic rings. The first-order valence-electron chi connectivity index (χ1n) is 7.20. The Kier molecular flexibility index (Phi) is 4.06. The van der Waals surface area contributed by atoms with E-state index in [2.05, 4.69) is 15.4 Å². The normalized spacial score (nSPS) is 21.5. The molecule has 2 N–H and O–H groups in total. The second-order valence-electron chi connectivity index (χ2n) is 5.32. The minimum Gasteiger partial charge on any atom is -0.477 e. The van der Waals surface area contributed by atoms with Gasteiger partial charge < -0.3 is 15.2 Å². The molecule has 0 radical (unpaired) electrons. The number of aromatic nitrogens is 3. The second kappa shape index (κ2) is 6.15. The lowest BCUT2D eigenvalue weighted by molar-refractivity contribution is 0.00497. The van der Waals surface area contributed by atoms with Gasteiger partial charge in [0.05, 0.1) is 5.69 Å². The van der Waals surface area contributed by atoms with E-state index in [1.807, 2.05) is 17.8 Å². The zero-order chi connectivity index (χ0) is 15.5. The van der Waals surface area contributed by atoms with Gasteiger partial charge in [0.2, 0.25) is 0 Å². The smallest absolute Gasteiger partial charge is 0.354 e. The first-order valence-corrected chi connectivity index (χ1v) is 7.20. The fourth-order valence-corrected chi connectivity index (χ4v) is 2.68. The molecule has 2 aromatic rings. The molecule has 2 aromatic heterocycles. The number of carboxylic acid groups (broad SMARTS) is 1. The molecule has 2 unspecified atom stereocenters. The van der Waals surface area contributed by atoms with Crippen molar-refractivity contribution in [2.45, 2.75) is 25.0 Å². The van der Waals surface area contributed by atoms with Gasteiger partial charge in [-0.3, -0.25) is 4.68 Å². The summed E-state index contributed by atoms with van der Waals surface area (Å²) in [5.41, 5.74) is 1.08. The summed E-state index contributed by atoms with van der Waals surface area (Å²) in [6.45, 7) is 0.645. The van der Waals surface area contributed by atoms with Crippen LogP contribution < -0.4 is 5.32 Å². The average molecular weight is 302 g/mol. The van der Waals surface area contributed by atoms with E-state index in [9.17, 15) is 4.79 Å². The van der Waals surface area contributed by atoms with Gasteiger partial charge in [-0.05, 0) is 31.0 Å². The first kappa shape index (κ1) is 14.5. The molecule has 2 atom stereocenters. The molecular weight excluding hydrogens is 284 g/mol. The Morgan fingerprint density at radius 1 is 1.45 bits per heavy atom. The third kappa shape index (κ3) is 3.09. The van der Waals surface area contributed by atoms with Crippen molar-refractivity contribution in [3.8, 4) is 0 Å². The van der Waals surface area contributed by atoms with Crippen LogP contribution in [-0.2, 0) is 11.8 Å². The molecule has 22 heavy (non-hydrogen) atoms. The quantitative estimate of drug-likeness (QED) is 0.896. The number of aromatic carboxylic acids is 1. The molecule has 3 rings (SSSR count). The molecule has 1 aliphatic heterocycles. The number of pyridine rings is 1. The highest BCUT2D eigenvalue weighted by Crippen LogP contribution is 2.29. The van der Waals surface area contributed by atoms with Crippen molar-refractivity contribution in [3.05, 3.63) is 41.9 Å². The van der Waals surface area contributed by atoms with Crippen LogP contribution in [0.4, 0.5) is 5.82 Å². The molecule has 0 aromatic carbocycles. The zero-order valence-electron chi connectivity index (χ0n) is 12.3. The van der Waals surface area contributed by atoms with E-state index in [1.54, 1.807) is 18.3 Å². The zero-order valence-corrected chi connectivity index (χ0v) is 12.3. The van der Waals surface area contributed by atoms with Gasteiger partial charge in [-0.25, -0.2) is 9.78 Å². The fraction of sp³-hybridized carbons (Fsp3) is 0.400. The van der Waals surface area contributed by atoms with Crippen LogP contribution in [0.3, 0.4) is 0 Å². The van der Waals surface area contributed by atoms with Gasteiger partial charge in [0.1, 0.15) is 11.9 Å². The summed E-state index contributed by atoms with van der Waals surface area (Å²) in [7, 11) is 1.90. The van der Waals surface area contributed by atoms with Crippen LogP contribution in [0.5, 0.6) is 0 Å². The summed E-state index contributed by atoms with van der Waals surface area (Å²) in [5.74, 6) is -0.445. The predicted octanol–water partition coefficient (Wildman–Crippen LogP) is 1.85. The second-order valence-corrected chi connectivity index (χ2v) is 5.32. The molecule has 7 nitrogen and oxygen atoms in total. The van der Waals surface area contributed by atoms with Gasteiger partial charge in [0, 0.05) is 25.9 Å². The van der Waals surface area contributed by atoms with Crippen molar-refractivity contribution in [2.24, 2.45) is 7.05 Å². The van der Waals surface area contributed by atoms with E-state index in [-0.39, 0.29) is 17.8 Å². The van der Waals surface area contributed by atoms with E-state index >= 15 is 0 Å². The van der Waals surface area contributed by atoms with E-state index in [1.165, 1.54) is 6.07 Å². The van der Waals surface area contributed by atoms with Crippen LogP contribution in [-0.4, -0.2) is 38.5 Å². The van der Waals surface area contributed by atoms with Crippen LogP contribution in [0.25, 0.3) is 0 Å². The van der Waals surface area contributed by atoms with Crippen molar-refractivity contribution < 1.29 is 14.6 Å². The fourth-order valence-electron chi connectivity index (χ4n) is 2.68. The van der Waals surface area contributed by atoms with Gasteiger partial charge in [0.15, 0.2) is 5.69 Å². The summed E-state index contributed by atoms with van der Waals surface area (Å²) in [5, 5.41) is 16.5. The Bertz CT molecular complexity index is 670. The Morgan fingerprint density at radius 2 is 2.32 bits per heavy atom. The number of ether oxygens (including phenoxy) is 1. The molecule has 7 heteroatoms. The number of carbonyl (C=O) groups is 1. The number of carboxylic acids is 1. The van der Waals surface area contributed by atoms with Crippen LogP contribution in [0.2, 0.25) is 0 Å². The van der Waals surface area contributed by atoms with E-state index in [0.29, 0.717) is 12.4 Å². The summed E-state index contributed by atoms with van der Waals surface area (Å²) < 4.78 is 7.63. The standard InChI is InChI=1S/C15H18N4O3/c1-19-12(5-7-16-19)13-9-10(6-8-22-13)17-14-4-2-3-11(18-14)15(20)21/h2-5,7,10,13H,6,8-9H2,1H3,(H,17,18)(H,20,21). The summed E-state index contributed by atoms with van der Waals surface area (Å²) in [6.07, 6.45) is 3.39. The van der Waals surface area contributed by atoms with Crippen LogP contribution in [0.1, 0.15) is 35.1 Å². The van der Waals surface area contributed by atoms with Crippen LogP contribution in [0.15, 0.2) is 30.5 Å². The number of nitrogens with one attached hydrogen (secondary N) is 1. The monoisotopic (exact) mass is 302 g/mol. The summed E-state index contributed by atoms with van der Waals surface area (Å²) in [4.78, 5) is 15.1. The lowest BCUT2D eigenvalue weighted by Crippen LogP contribution is -2.31. The van der Waals surface area contributed by atoms with Gasteiger partial charge >= 0.3 is 5.97 Å². The summed E-state index contributed by atoms with van der Waals surface area (Å²) in [6, 6.07) is 7.09. The molecule has 0 aliphatic carbocycles. The first-order chi connectivity index (χ1) is 10.6. The largest absolute Gasteiger partial charge is 0.477 e. The number of hydrogen-bond acceptors (Lipinski definition) is 5. The minimum absolute atomic E-state index is 0.0126. The molecule has 0 amide bonds. The highest BCUT2D eigenvalue weighted by Gasteiger charge is 2.26. The molecular formula is C15H18N4O3. The van der Waals surface area contributed by atoms with Gasteiger partial charge in [-0.2, -0.15) is 5.10 Å². The van der Waals surface area contributed by atoms with Gasteiger partial charge in [-0.1, -0.05) is 6.07 Å². The number of aryl methyl sites for hydroxylation is 1. The SMILES string of the molecule is Cn1nccc1C1CC(Nc2cccc(C(=O)O)n2)CCO1. The third-order valence-corrected chi connectivity index (χ3v) is 3.79. The van der Waals surface area contributed by atoms with Gasteiger partial charge in [0.25, 0.3) is 0 Å². The Labute approximate surface area is 127 Å². The lowest BCUT2D eigenvalue weighted by atomic mass is 10.0. The average Bonchev–Trinajstić information content (AvgIpc) is 2.94. The lowest BCUT2D eigenvalue weighted by Gasteiger charge is -2.30. The number of rotatable bonds is 4. The molecule has 3 heterocycles. The van der Waals surface area contributed by atoms with Crippen molar-refractivity contribution in [1.29, 1.82) is 0 Å². The van der Waals surface area contributed by atoms with Crippen LogP contribution in [0, 0.1) is 0 Å². The minimum atomic E-state index is -1.02. The summed E-state index contributed by atoms with van der Waals surface area (Å²) >= 11 is 0. The van der Waals surface area contributed by atoms with Crippen molar-refractivity contribution in [1.82, 2.24) is 14.8 Å². The highest BCUT2D eigenvalue weighted by atomic mass is 16.5. The Hall–Kier alpha value is -2.41. The third-order valence-electron chi connectivity index (χ3n) is 3.79. The van der Waals surface area contributed by atoms with E-state index < -0.39 is 5.97 Å². The number of hydrogen-bond donors (Lipinski definition) is 2. The number of nitrogens with zero attached hydrogens (tertiary/aromatic N) is 3. The molecule has 116 valence electrons. The topological polar surface area (TPSA) is 89.3 Å². The number of anilines is 1. The van der Waals surface area contributed by atoms with Crippen molar-refractivity contribution >= 4 is 11.8 Å². The molecule has 0 bridgehead atoms. The molecule has 0 saturated carbocycles. The molecule has 1 saturated heterocycles. The Balaban J connectivity index is 1.69. The molecule has 0 spiro atoms. The van der Waals surface area contributed by atoms with E-state index in [4.69, 9.17) is 9.84 Å². The maximum atomic E-state index is 11.0. The Morgan fingerprint density at radius 3 is 3.05 bits per heavy atom. The predicted molar refractivity (Wildman–Crippen MR) is 79.7 cm³/mol. The maximum Gasteiger partial charge on any atom is 0.354 e. The highest BCUT2D eigenvalue weighted by molar-refractivity contribution is 5.85. The van der Waals surface area contributed by atoms with E-state index in [0.717, 1.165) is 18.5 Å². The van der Waals surface area contributed by atoms with Gasteiger partial charge in [-0.15, -0.1) is 0 Å². The van der Waals surface area contributed by atoms with Crippen LogP contribution >= 0.6 is 0 Å². The van der Waals surface area contributed by atoms with Crippen molar-refractivity contribution in [2.75, 3.05) is 11.9 Å². The maximum absolute atomic E-state index is 11.0. The molecule has 1 fully saturated rings.